The first-order valence-electron chi connectivity index (χ1n) is 3.79. The quantitative estimate of drug-likeness (QED) is 0.679. The fourth-order valence-corrected chi connectivity index (χ4v) is 0.911. The molecule has 0 fully saturated rings. The van der Waals surface area contributed by atoms with Gasteiger partial charge in [-0.3, -0.25) is 0 Å². The molecule has 0 spiro atoms. The second kappa shape index (κ2) is 6.65. The number of rotatable bonds is 5. The van der Waals surface area contributed by atoms with Gasteiger partial charge in [0.25, 0.3) is 0 Å². The number of hydrogen-bond acceptors (Lipinski definition) is 2. The highest BCUT2D eigenvalue weighted by Gasteiger charge is 1.96. The van der Waals surface area contributed by atoms with Crippen LogP contribution < -0.4 is 5.32 Å². The Labute approximate surface area is 74.2 Å². The second-order valence-corrected chi connectivity index (χ2v) is 3.02. The summed E-state index contributed by atoms with van der Waals surface area (Å²) >= 11 is 5.53. The maximum atomic E-state index is 5.53. The highest BCUT2D eigenvalue weighted by molar-refractivity contribution is 6.25. The zero-order valence-corrected chi connectivity index (χ0v) is 8.28. The molecule has 0 heterocycles. The predicted molar refractivity (Wildman–Crippen MR) is 51.0 cm³/mol. The van der Waals surface area contributed by atoms with Crippen LogP contribution >= 0.6 is 11.6 Å². The van der Waals surface area contributed by atoms with E-state index in [0.717, 1.165) is 19.6 Å². The van der Waals surface area contributed by atoms with Crippen molar-refractivity contribution in [3.63, 3.8) is 0 Å². The third kappa shape index (κ3) is 6.35. The fraction of sp³-hybridized carbons (Fsp3) is 0.750. The average molecular weight is 177 g/mol. The number of nitrogens with one attached hydrogen (secondary N) is 1. The predicted octanol–water partition coefficient (Wildman–Crippen LogP) is 1.28. The topological polar surface area (TPSA) is 15.3 Å². The third-order valence-corrected chi connectivity index (χ3v) is 1.82. The summed E-state index contributed by atoms with van der Waals surface area (Å²) in [6.07, 6.45) is 0. The van der Waals surface area contributed by atoms with Gasteiger partial charge in [0.2, 0.25) is 0 Å². The molecule has 0 aliphatic rings. The highest BCUT2D eigenvalue weighted by Crippen LogP contribution is 1.96. The van der Waals surface area contributed by atoms with Crippen molar-refractivity contribution < 1.29 is 0 Å². The van der Waals surface area contributed by atoms with Crippen LogP contribution in [0.15, 0.2) is 11.1 Å². The van der Waals surface area contributed by atoms with Crippen LogP contribution in [0.2, 0.25) is 0 Å². The SMILES string of the molecule is CNCCN(C)CC(C)=CCl. The zero-order valence-electron chi connectivity index (χ0n) is 7.52. The molecule has 0 atom stereocenters. The van der Waals surface area contributed by atoms with E-state index in [4.69, 9.17) is 11.6 Å². The van der Waals surface area contributed by atoms with Crippen LogP contribution in [0.25, 0.3) is 0 Å². The van der Waals surface area contributed by atoms with Crippen LogP contribution in [-0.4, -0.2) is 38.6 Å². The molecule has 11 heavy (non-hydrogen) atoms. The maximum Gasteiger partial charge on any atom is 0.0199 e. The van der Waals surface area contributed by atoms with E-state index in [-0.39, 0.29) is 0 Å². The van der Waals surface area contributed by atoms with Crippen LogP contribution in [-0.2, 0) is 0 Å². The molecule has 0 aliphatic heterocycles. The van der Waals surface area contributed by atoms with E-state index in [1.54, 1.807) is 5.54 Å². The Kier molecular flexibility index (Phi) is 6.62. The van der Waals surface area contributed by atoms with Crippen LogP contribution in [0, 0.1) is 0 Å². The molecule has 0 saturated carbocycles. The van der Waals surface area contributed by atoms with Gasteiger partial charge in [0.1, 0.15) is 0 Å². The van der Waals surface area contributed by atoms with Gasteiger partial charge in [0.05, 0.1) is 0 Å². The van der Waals surface area contributed by atoms with Crippen molar-refractivity contribution >= 4 is 11.6 Å². The summed E-state index contributed by atoms with van der Waals surface area (Å²) in [5.74, 6) is 0. The first-order chi connectivity index (χ1) is 5.20. The molecule has 0 rings (SSSR count). The van der Waals surface area contributed by atoms with Gasteiger partial charge in [-0.2, -0.15) is 0 Å². The van der Waals surface area contributed by atoms with Crippen molar-refractivity contribution in [3.8, 4) is 0 Å². The molecule has 66 valence electrons. The minimum atomic E-state index is 0.950. The summed E-state index contributed by atoms with van der Waals surface area (Å²) in [6.45, 7) is 5.05. The first kappa shape index (κ1) is 11.0. The molecule has 0 aromatic rings. The minimum Gasteiger partial charge on any atom is -0.318 e. The largest absolute Gasteiger partial charge is 0.318 e. The number of nitrogens with zero attached hydrogens (tertiary/aromatic N) is 1. The molecule has 0 bridgehead atoms. The lowest BCUT2D eigenvalue weighted by molar-refractivity contribution is 0.363. The Morgan fingerprint density at radius 3 is 2.73 bits per heavy atom. The number of halogens is 1. The van der Waals surface area contributed by atoms with E-state index in [1.165, 1.54) is 5.57 Å². The van der Waals surface area contributed by atoms with Gasteiger partial charge in [-0.25, -0.2) is 0 Å². The van der Waals surface area contributed by atoms with E-state index < -0.39 is 0 Å². The Bertz CT molecular complexity index is 123. The first-order valence-corrected chi connectivity index (χ1v) is 4.23. The smallest absolute Gasteiger partial charge is 0.0199 e. The lowest BCUT2D eigenvalue weighted by Gasteiger charge is -2.15. The Morgan fingerprint density at radius 2 is 2.27 bits per heavy atom. The maximum absolute atomic E-state index is 5.53. The Morgan fingerprint density at radius 1 is 1.64 bits per heavy atom. The summed E-state index contributed by atoms with van der Waals surface area (Å²) in [5.41, 5.74) is 2.83. The molecule has 0 aromatic carbocycles. The van der Waals surface area contributed by atoms with E-state index >= 15 is 0 Å². The molecular formula is C8H17ClN2. The summed E-state index contributed by atoms with van der Waals surface area (Å²) in [4.78, 5) is 2.23. The lowest BCUT2D eigenvalue weighted by atomic mass is 10.3. The zero-order chi connectivity index (χ0) is 8.69. The molecule has 3 heteroatoms. The van der Waals surface area contributed by atoms with Crippen molar-refractivity contribution in [2.75, 3.05) is 33.7 Å². The molecule has 0 amide bonds. The molecule has 2 nitrogen and oxygen atoms in total. The van der Waals surface area contributed by atoms with Gasteiger partial charge in [-0.15, -0.1) is 0 Å². The minimum absolute atomic E-state index is 0.950. The highest BCUT2D eigenvalue weighted by atomic mass is 35.5. The average Bonchev–Trinajstić information content (AvgIpc) is 2.00. The monoisotopic (exact) mass is 176 g/mol. The van der Waals surface area contributed by atoms with E-state index in [9.17, 15) is 0 Å². The van der Waals surface area contributed by atoms with Crippen LogP contribution in [0.1, 0.15) is 6.92 Å². The van der Waals surface area contributed by atoms with Gasteiger partial charge in [-0.05, 0) is 26.6 Å². The Balaban J connectivity index is 3.43. The number of hydrogen-bond donors (Lipinski definition) is 1. The van der Waals surface area contributed by atoms with Crippen molar-refractivity contribution in [2.24, 2.45) is 0 Å². The van der Waals surface area contributed by atoms with E-state index in [0.29, 0.717) is 0 Å². The second-order valence-electron chi connectivity index (χ2n) is 2.80. The standard InChI is InChI=1S/C8H17ClN2/c1-8(6-9)7-11(3)5-4-10-2/h6,10H,4-5,7H2,1-3H3. The van der Waals surface area contributed by atoms with Crippen molar-refractivity contribution in [1.82, 2.24) is 10.2 Å². The van der Waals surface area contributed by atoms with E-state index in [1.807, 2.05) is 14.0 Å². The van der Waals surface area contributed by atoms with Gasteiger partial charge in [0, 0.05) is 25.2 Å². The molecule has 0 unspecified atom stereocenters. The van der Waals surface area contributed by atoms with Gasteiger partial charge >= 0.3 is 0 Å². The number of likely N-dealkylation sites (N-methyl/N-ethyl adjacent to an activating group) is 2. The van der Waals surface area contributed by atoms with E-state index in [2.05, 4.69) is 17.3 Å². The molecule has 0 aromatic heterocycles. The third-order valence-electron chi connectivity index (χ3n) is 1.45. The van der Waals surface area contributed by atoms with Crippen molar-refractivity contribution in [2.45, 2.75) is 6.92 Å². The van der Waals surface area contributed by atoms with Crippen LogP contribution in [0.5, 0.6) is 0 Å². The Hall–Kier alpha value is -0.0500. The molecular weight excluding hydrogens is 160 g/mol. The molecule has 0 radical (unpaired) electrons. The van der Waals surface area contributed by atoms with Crippen LogP contribution in [0.4, 0.5) is 0 Å². The van der Waals surface area contributed by atoms with Gasteiger partial charge in [0.15, 0.2) is 0 Å². The van der Waals surface area contributed by atoms with Gasteiger partial charge in [-0.1, -0.05) is 11.6 Å². The fourth-order valence-electron chi connectivity index (χ4n) is 0.842. The van der Waals surface area contributed by atoms with Gasteiger partial charge < -0.3 is 10.2 Å². The van der Waals surface area contributed by atoms with Crippen molar-refractivity contribution in [1.29, 1.82) is 0 Å². The normalized spacial score (nSPS) is 12.6. The summed E-state index contributed by atoms with van der Waals surface area (Å²) in [6, 6.07) is 0. The summed E-state index contributed by atoms with van der Waals surface area (Å²) in [7, 11) is 4.04. The summed E-state index contributed by atoms with van der Waals surface area (Å²) < 4.78 is 0. The molecule has 0 aliphatic carbocycles. The molecule has 0 saturated heterocycles. The summed E-state index contributed by atoms with van der Waals surface area (Å²) in [5, 5.41) is 3.10. The van der Waals surface area contributed by atoms with Crippen molar-refractivity contribution in [3.05, 3.63) is 11.1 Å². The van der Waals surface area contributed by atoms with Crippen LogP contribution in [0.3, 0.4) is 0 Å². The lowest BCUT2D eigenvalue weighted by Crippen LogP contribution is -2.28. The molecule has 1 N–H and O–H groups in total.